The number of hydrogen-bond donors (Lipinski definition) is 0. The number of aromatic nitrogens is 4. The maximum absolute atomic E-state index is 5.22. The Hall–Kier alpha value is -6.26. The number of benzene rings is 5. The molecule has 4 heterocycles. The van der Waals surface area contributed by atoms with Crippen molar-refractivity contribution in [2.45, 2.75) is 0 Å². The second-order valence-corrected chi connectivity index (χ2v) is 11.5. The molecule has 0 N–H and O–H groups in total. The summed E-state index contributed by atoms with van der Waals surface area (Å²) < 4.78 is 0. The van der Waals surface area contributed by atoms with Crippen molar-refractivity contribution in [2.24, 2.45) is 0 Å². The van der Waals surface area contributed by atoms with Crippen molar-refractivity contribution in [1.82, 2.24) is 19.9 Å². The van der Waals surface area contributed by atoms with Crippen molar-refractivity contribution < 1.29 is 0 Å². The van der Waals surface area contributed by atoms with Gasteiger partial charge < -0.3 is 0 Å². The lowest BCUT2D eigenvalue weighted by atomic mass is 9.97. The molecule has 0 spiro atoms. The van der Waals surface area contributed by atoms with E-state index in [1.165, 1.54) is 0 Å². The number of rotatable bonds is 4. The van der Waals surface area contributed by atoms with Gasteiger partial charge in [0.1, 0.15) is 0 Å². The molecule has 0 aliphatic heterocycles. The van der Waals surface area contributed by atoms with Gasteiger partial charge in [0.05, 0.1) is 39.1 Å². The van der Waals surface area contributed by atoms with Crippen LogP contribution in [-0.2, 0) is 0 Å². The van der Waals surface area contributed by atoms with E-state index < -0.39 is 0 Å². The van der Waals surface area contributed by atoms with Gasteiger partial charge in [0.2, 0.25) is 0 Å². The van der Waals surface area contributed by atoms with Crippen LogP contribution >= 0.6 is 0 Å². The van der Waals surface area contributed by atoms with E-state index in [2.05, 4.69) is 138 Å². The predicted octanol–water partition coefficient (Wildman–Crippen LogP) is 10.5. The van der Waals surface area contributed by atoms with E-state index in [4.69, 9.17) is 15.0 Å². The van der Waals surface area contributed by atoms with Crippen LogP contribution in [0.4, 0.5) is 0 Å². The molecule has 9 rings (SSSR count). The van der Waals surface area contributed by atoms with E-state index in [0.717, 1.165) is 88.5 Å². The molecule has 46 heavy (non-hydrogen) atoms. The molecule has 0 radical (unpaired) electrons. The lowest BCUT2D eigenvalue weighted by Crippen LogP contribution is -1.94. The molecule has 0 amide bonds. The minimum atomic E-state index is 0.870. The largest absolute Gasteiger partial charge is 0.254 e. The van der Waals surface area contributed by atoms with Crippen LogP contribution < -0.4 is 0 Å². The molecular formula is C42H26N4. The third-order valence-electron chi connectivity index (χ3n) is 8.66. The van der Waals surface area contributed by atoms with Crippen LogP contribution in [0.3, 0.4) is 0 Å². The molecule has 0 unspecified atom stereocenters. The number of fused-ring (bicyclic) bond motifs is 6. The number of pyridine rings is 4. The molecule has 0 bridgehead atoms. The Morgan fingerprint density at radius 2 is 0.978 bits per heavy atom. The summed E-state index contributed by atoms with van der Waals surface area (Å²) in [4.78, 5) is 20.1. The van der Waals surface area contributed by atoms with Crippen LogP contribution in [0.5, 0.6) is 0 Å². The molecule has 0 aliphatic rings. The van der Waals surface area contributed by atoms with Gasteiger partial charge in [-0.25, -0.2) is 15.0 Å². The minimum Gasteiger partial charge on any atom is -0.254 e. The normalized spacial score (nSPS) is 11.5. The fourth-order valence-corrected chi connectivity index (χ4v) is 6.38. The van der Waals surface area contributed by atoms with Crippen LogP contribution in [0.2, 0.25) is 0 Å². The van der Waals surface area contributed by atoms with Gasteiger partial charge in [-0.1, -0.05) is 127 Å². The van der Waals surface area contributed by atoms with E-state index in [9.17, 15) is 0 Å². The average molecular weight is 587 g/mol. The first-order valence-electron chi connectivity index (χ1n) is 15.4. The van der Waals surface area contributed by atoms with Gasteiger partial charge in [-0.2, -0.15) is 0 Å². The van der Waals surface area contributed by atoms with Crippen LogP contribution in [0, 0.1) is 0 Å². The molecule has 214 valence electrons. The third-order valence-corrected chi connectivity index (χ3v) is 8.66. The zero-order chi connectivity index (χ0) is 30.5. The first-order valence-corrected chi connectivity index (χ1v) is 15.4. The topological polar surface area (TPSA) is 51.6 Å². The van der Waals surface area contributed by atoms with Crippen LogP contribution in [0.15, 0.2) is 158 Å². The van der Waals surface area contributed by atoms with E-state index >= 15 is 0 Å². The summed E-state index contributed by atoms with van der Waals surface area (Å²) in [6.45, 7) is 0. The van der Waals surface area contributed by atoms with E-state index in [1.807, 2.05) is 24.4 Å². The average Bonchev–Trinajstić information content (AvgIpc) is 3.14. The zero-order valence-electron chi connectivity index (χ0n) is 24.8. The molecule has 4 aromatic heterocycles. The predicted molar refractivity (Wildman–Crippen MR) is 189 cm³/mol. The zero-order valence-corrected chi connectivity index (χ0v) is 24.8. The highest BCUT2D eigenvalue weighted by Gasteiger charge is 2.15. The summed E-state index contributed by atoms with van der Waals surface area (Å²) in [6.07, 6.45) is 1.83. The smallest absolute Gasteiger partial charge is 0.0974 e. The summed E-state index contributed by atoms with van der Waals surface area (Å²) in [5.41, 5.74) is 11.9. The molecule has 9 aromatic rings. The summed E-state index contributed by atoms with van der Waals surface area (Å²) in [5, 5.41) is 4.26. The van der Waals surface area contributed by atoms with Gasteiger partial charge in [-0.05, 0) is 35.4 Å². The van der Waals surface area contributed by atoms with Gasteiger partial charge in [0, 0.05) is 44.4 Å². The van der Waals surface area contributed by atoms with Crippen LogP contribution in [0.25, 0.3) is 88.5 Å². The second kappa shape index (κ2) is 10.7. The van der Waals surface area contributed by atoms with Crippen molar-refractivity contribution in [3.05, 3.63) is 158 Å². The molecule has 0 saturated carbocycles. The lowest BCUT2D eigenvalue weighted by molar-refractivity contribution is 1.32. The first-order chi connectivity index (χ1) is 22.8. The molecule has 0 saturated heterocycles. The quantitative estimate of drug-likeness (QED) is 0.152. The van der Waals surface area contributed by atoms with Crippen LogP contribution in [0.1, 0.15) is 0 Å². The summed E-state index contributed by atoms with van der Waals surface area (Å²) in [5.74, 6) is 0. The minimum absolute atomic E-state index is 0.870. The highest BCUT2D eigenvalue weighted by Crippen LogP contribution is 2.36. The van der Waals surface area contributed by atoms with E-state index in [1.54, 1.807) is 0 Å². The molecule has 0 aliphatic carbocycles. The summed E-state index contributed by atoms with van der Waals surface area (Å²) in [6, 6.07) is 52.6. The van der Waals surface area contributed by atoms with Crippen molar-refractivity contribution in [3.8, 4) is 44.9 Å². The van der Waals surface area contributed by atoms with Gasteiger partial charge in [0.15, 0.2) is 0 Å². The van der Waals surface area contributed by atoms with E-state index in [-0.39, 0.29) is 0 Å². The highest BCUT2D eigenvalue weighted by atomic mass is 14.8. The van der Waals surface area contributed by atoms with Crippen molar-refractivity contribution in [3.63, 3.8) is 0 Å². The Morgan fingerprint density at radius 1 is 0.348 bits per heavy atom. The fraction of sp³-hybridized carbons (Fsp3) is 0. The molecular weight excluding hydrogens is 560 g/mol. The second-order valence-electron chi connectivity index (χ2n) is 11.5. The van der Waals surface area contributed by atoms with Gasteiger partial charge in [0.25, 0.3) is 0 Å². The molecule has 4 nitrogen and oxygen atoms in total. The number of nitrogens with zero attached hydrogens (tertiary/aromatic N) is 4. The maximum Gasteiger partial charge on any atom is 0.0974 e. The van der Waals surface area contributed by atoms with Crippen molar-refractivity contribution in [1.29, 1.82) is 0 Å². The van der Waals surface area contributed by atoms with Gasteiger partial charge in [-0.15, -0.1) is 0 Å². The summed E-state index contributed by atoms with van der Waals surface area (Å²) >= 11 is 0. The SMILES string of the molecule is c1ccc(-c2cc(-c3ccc(-c4nc5cc6ccc7cccnc7c6nc5c5ccccc45)cc3)cc(-c3ccccc3)n2)cc1. The monoisotopic (exact) mass is 586 g/mol. The molecule has 5 aromatic carbocycles. The Morgan fingerprint density at radius 3 is 1.70 bits per heavy atom. The summed E-state index contributed by atoms with van der Waals surface area (Å²) in [7, 11) is 0. The first kappa shape index (κ1) is 26.2. The van der Waals surface area contributed by atoms with Gasteiger partial charge >= 0.3 is 0 Å². The highest BCUT2D eigenvalue weighted by molar-refractivity contribution is 6.14. The molecule has 0 atom stereocenters. The standard InChI is InChI=1S/C42H26N4/c1-3-10-28(11-4-1)36-25-33(26-37(44-36)29-12-5-2-6-13-29)27-17-19-31(20-18-27)39-34-15-7-8-16-35(34)42-38(45-39)24-32-22-21-30-14-9-23-43-40(30)41(32)46-42/h1-26H. The van der Waals surface area contributed by atoms with Gasteiger partial charge in [-0.3, -0.25) is 4.98 Å². The van der Waals surface area contributed by atoms with E-state index in [0.29, 0.717) is 0 Å². The Balaban J connectivity index is 1.18. The maximum atomic E-state index is 5.22. The molecule has 4 heteroatoms. The Labute approximate surface area is 265 Å². The Bertz CT molecular complexity index is 2500. The Kier molecular flexibility index (Phi) is 6.10. The number of hydrogen-bond acceptors (Lipinski definition) is 4. The van der Waals surface area contributed by atoms with Crippen molar-refractivity contribution >= 4 is 43.6 Å². The lowest BCUT2D eigenvalue weighted by Gasteiger charge is -2.13. The van der Waals surface area contributed by atoms with Crippen LogP contribution in [-0.4, -0.2) is 19.9 Å². The fourth-order valence-electron chi connectivity index (χ4n) is 6.38. The third kappa shape index (κ3) is 4.47. The van der Waals surface area contributed by atoms with Crippen molar-refractivity contribution in [2.75, 3.05) is 0 Å². The molecule has 0 fully saturated rings.